The molecule has 0 radical (unpaired) electrons. The third-order valence-electron chi connectivity index (χ3n) is 4.42. The maximum atomic E-state index is 9.90. The van der Waals surface area contributed by atoms with Crippen LogP contribution in [-0.4, -0.2) is 34.6 Å². The third kappa shape index (κ3) is 4.12. The summed E-state index contributed by atoms with van der Waals surface area (Å²) in [5, 5.41) is 13.3. The van der Waals surface area contributed by atoms with Crippen molar-refractivity contribution in [2.45, 2.75) is 38.8 Å². The predicted molar refractivity (Wildman–Crippen MR) is 89.2 cm³/mol. The minimum Gasteiger partial charge on any atom is -0.506 e. The normalized spacial score (nSPS) is 17.3. The van der Waals surface area contributed by atoms with Gasteiger partial charge in [0.2, 0.25) is 0 Å². The molecule has 1 aliphatic rings. The molecule has 1 saturated heterocycles. The zero-order valence-electron chi connectivity index (χ0n) is 13.7. The van der Waals surface area contributed by atoms with Crippen LogP contribution in [0.3, 0.4) is 0 Å². The highest BCUT2D eigenvalue weighted by molar-refractivity contribution is 5.27. The number of hydrogen-bond acceptors (Lipinski definition) is 5. The Morgan fingerprint density at radius 2 is 2.09 bits per heavy atom. The number of nitrogens with zero attached hydrogens (tertiary/aromatic N) is 2. The highest BCUT2D eigenvalue weighted by atomic mass is 16.3. The average Bonchev–Trinajstić information content (AvgIpc) is 3.09. The average molecular weight is 315 g/mol. The van der Waals surface area contributed by atoms with E-state index < -0.39 is 0 Å². The van der Waals surface area contributed by atoms with Crippen LogP contribution in [-0.2, 0) is 6.54 Å². The number of furan rings is 1. The SMILES string of the molecule is Cc1ccc(O)c(CNCC(c2ccco2)N2CCCCC2)n1. The lowest BCUT2D eigenvalue weighted by molar-refractivity contribution is 0.142. The van der Waals surface area contributed by atoms with Crippen LogP contribution in [0.25, 0.3) is 0 Å². The molecule has 3 rings (SSSR count). The van der Waals surface area contributed by atoms with Gasteiger partial charge in [-0.2, -0.15) is 0 Å². The maximum Gasteiger partial charge on any atom is 0.138 e. The van der Waals surface area contributed by atoms with E-state index in [-0.39, 0.29) is 11.8 Å². The summed E-state index contributed by atoms with van der Waals surface area (Å²) >= 11 is 0. The topological polar surface area (TPSA) is 61.5 Å². The lowest BCUT2D eigenvalue weighted by Gasteiger charge is -2.33. The third-order valence-corrected chi connectivity index (χ3v) is 4.42. The van der Waals surface area contributed by atoms with E-state index in [0.29, 0.717) is 12.2 Å². The Balaban J connectivity index is 1.63. The summed E-state index contributed by atoms with van der Waals surface area (Å²) in [6.45, 7) is 5.49. The highest BCUT2D eigenvalue weighted by Gasteiger charge is 2.24. The van der Waals surface area contributed by atoms with Crippen LogP contribution in [0.2, 0.25) is 0 Å². The monoisotopic (exact) mass is 315 g/mol. The minimum atomic E-state index is 0.234. The fourth-order valence-corrected chi connectivity index (χ4v) is 3.18. The maximum absolute atomic E-state index is 9.90. The first kappa shape index (κ1) is 16.0. The quantitative estimate of drug-likeness (QED) is 0.858. The van der Waals surface area contributed by atoms with Gasteiger partial charge in [0.05, 0.1) is 18.0 Å². The number of hydrogen-bond donors (Lipinski definition) is 2. The molecule has 23 heavy (non-hydrogen) atoms. The Labute approximate surface area is 137 Å². The number of nitrogens with one attached hydrogen (secondary N) is 1. The molecular formula is C18H25N3O2. The second kappa shape index (κ2) is 7.62. The van der Waals surface area contributed by atoms with Crippen LogP contribution in [0.15, 0.2) is 34.9 Å². The van der Waals surface area contributed by atoms with Crippen molar-refractivity contribution in [1.29, 1.82) is 0 Å². The first-order valence-corrected chi connectivity index (χ1v) is 8.37. The van der Waals surface area contributed by atoms with Gasteiger partial charge in [-0.1, -0.05) is 6.42 Å². The molecule has 0 aromatic carbocycles. The lowest BCUT2D eigenvalue weighted by Crippen LogP contribution is -2.38. The summed E-state index contributed by atoms with van der Waals surface area (Å²) < 4.78 is 5.65. The van der Waals surface area contributed by atoms with Crippen LogP contribution >= 0.6 is 0 Å². The van der Waals surface area contributed by atoms with Gasteiger partial charge in [-0.25, -0.2) is 0 Å². The van der Waals surface area contributed by atoms with E-state index >= 15 is 0 Å². The van der Waals surface area contributed by atoms with Gasteiger partial charge in [0.15, 0.2) is 0 Å². The summed E-state index contributed by atoms with van der Waals surface area (Å²) in [4.78, 5) is 6.88. The largest absolute Gasteiger partial charge is 0.506 e. The molecule has 1 unspecified atom stereocenters. The van der Waals surface area contributed by atoms with Crippen molar-refractivity contribution >= 4 is 0 Å². The molecule has 2 aromatic heterocycles. The molecule has 1 atom stereocenters. The summed E-state index contributed by atoms with van der Waals surface area (Å²) in [7, 11) is 0. The number of pyridine rings is 1. The molecule has 1 fully saturated rings. The Hall–Kier alpha value is -1.85. The van der Waals surface area contributed by atoms with Crippen LogP contribution in [0.5, 0.6) is 5.75 Å². The Bertz CT molecular complexity index is 607. The van der Waals surface area contributed by atoms with Gasteiger partial charge in [-0.3, -0.25) is 9.88 Å². The minimum absolute atomic E-state index is 0.234. The van der Waals surface area contributed by atoms with Gasteiger partial charge < -0.3 is 14.8 Å². The molecule has 0 aliphatic carbocycles. The van der Waals surface area contributed by atoms with Crippen molar-refractivity contribution in [2.75, 3.05) is 19.6 Å². The molecule has 5 heteroatoms. The molecule has 0 spiro atoms. The second-order valence-corrected chi connectivity index (χ2v) is 6.18. The van der Waals surface area contributed by atoms with Crippen molar-refractivity contribution < 1.29 is 9.52 Å². The molecule has 3 heterocycles. The van der Waals surface area contributed by atoms with Crippen molar-refractivity contribution in [2.24, 2.45) is 0 Å². The van der Waals surface area contributed by atoms with E-state index in [1.807, 2.05) is 25.1 Å². The summed E-state index contributed by atoms with van der Waals surface area (Å²) in [5.74, 6) is 1.25. The summed E-state index contributed by atoms with van der Waals surface area (Å²) in [6, 6.07) is 7.74. The number of aryl methyl sites for hydroxylation is 1. The van der Waals surface area contributed by atoms with Gasteiger partial charge in [0.25, 0.3) is 0 Å². The van der Waals surface area contributed by atoms with Crippen LogP contribution < -0.4 is 5.32 Å². The second-order valence-electron chi connectivity index (χ2n) is 6.18. The summed E-state index contributed by atoms with van der Waals surface area (Å²) in [6.07, 6.45) is 5.55. The first-order valence-electron chi connectivity index (χ1n) is 8.37. The van der Waals surface area contributed by atoms with Gasteiger partial charge >= 0.3 is 0 Å². The predicted octanol–water partition coefficient (Wildman–Crippen LogP) is 3.01. The van der Waals surface area contributed by atoms with E-state index in [0.717, 1.165) is 31.1 Å². The molecular weight excluding hydrogens is 290 g/mol. The van der Waals surface area contributed by atoms with E-state index in [1.54, 1.807) is 12.3 Å². The van der Waals surface area contributed by atoms with Crippen molar-refractivity contribution in [3.8, 4) is 5.75 Å². The number of piperidine rings is 1. The highest BCUT2D eigenvalue weighted by Crippen LogP contribution is 2.24. The molecule has 2 N–H and O–H groups in total. The number of aromatic hydroxyl groups is 1. The van der Waals surface area contributed by atoms with Gasteiger partial charge in [-0.15, -0.1) is 0 Å². The molecule has 1 aliphatic heterocycles. The van der Waals surface area contributed by atoms with Crippen molar-refractivity contribution in [3.05, 3.63) is 47.7 Å². The molecule has 124 valence electrons. The molecule has 0 bridgehead atoms. The zero-order chi connectivity index (χ0) is 16.1. The van der Waals surface area contributed by atoms with E-state index in [2.05, 4.69) is 15.2 Å². The smallest absolute Gasteiger partial charge is 0.138 e. The van der Waals surface area contributed by atoms with Gasteiger partial charge in [0.1, 0.15) is 11.5 Å². The van der Waals surface area contributed by atoms with Gasteiger partial charge in [-0.05, 0) is 57.1 Å². The fraction of sp³-hybridized carbons (Fsp3) is 0.500. The van der Waals surface area contributed by atoms with E-state index in [9.17, 15) is 5.11 Å². The molecule has 0 amide bonds. The van der Waals surface area contributed by atoms with Crippen molar-refractivity contribution in [1.82, 2.24) is 15.2 Å². The Morgan fingerprint density at radius 1 is 1.26 bits per heavy atom. The lowest BCUT2D eigenvalue weighted by atomic mass is 10.1. The summed E-state index contributed by atoms with van der Waals surface area (Å²) in [5.41, 5.74) is 1.61. The molecule has 5 nitrogen and oxygen atoms in total. The van der Waals surface area contributed by atoms with Crippen molar-refractivity contribution in [3.63, 3.8) is 0 Å². The van der Waals surface area contributed by atoms with E-state index in [4.69, 9.17) is 4.42 Å². The van der Waals surface area contributed by atoms with Crippen LogP contribution in [0.1, 0.15) is 42.5 Å². The standard InChI is InChI=1S/C18H25N3O2/c1-14-7-8-17(22)15(20-14)12-19-13-16(18-6-5-11-23-18)21-9-3-2-4-10-21/h5-8,11,16,19,22H,2-4,9-10,12-13H2,1H3. The fourth-order valence-electron chi connectivity index (χ4n) is 3.18. The number of aromatic nitrogens is 1. The first-order chi connectivity index (χ1) is 11.2. The van der Waals surface area contributed by atoms with Crippen LogP contribution in [0, 0.1) is 6.92 Å². The Morgan fingerprint density at radius 3 is 2.83 bits per heavy atom. The van der Waals surface area contributed by atoms with Gasteiger partial charge in [0, 0.05) is 18.8 Å². The molecule has 0 saturated carbocycles. The van der Waals surface area contributed by atoms with Crippen LogP contribution in [0.4, 0.5) is 0 Å². The van der Waals surface area contributed by atoms with E-state index in [1.165, 1.54) is 19.3 Å². The number of rotatable bonds is 6. The number of likely N-dealkylation sites (tertiary alicyclic amines) is 1. The molecule has 2 aromatic rings. The Kier molecular flexibility index (Phi) is 5.31. The zero-order valence-corrected chi connectivity index (χ0v) is 13.7.